The standard InChI is InChI=1S/C22H33N5O2.HI/c1-4-11-28-17-19-9-7-6-8-18(19)13-24-22(23-5-2)27-10-12-29-21(16-27)20-14-25-26(3)15-20;/h6-9,14-15,21H,4-5,10-13,16-17H2,1-3H3,(H,23,24);1H. The number of ether oxygens (including phenoxy) is 2. The van der Waals surface area contributed by atoms with Crippen LogP contribution in [0.2, 0.25) is 0 Å². The summed E-state index contributed by atoms with van der Waals surface area (Å²) in [5.41, 5.74) is 3.51. The smallest absolute Gasteiger partial charge is 0.194 e. The summed E-state index contributed by atoms with van der Waals surface area (Å²) in [6.45, 7) is 9.35. The Kier molecular flexibility index (Phi) is 10.6. The number of halogens is 1. The van der Waals surface area contributed by atoms with Crippen molar-refractivity contribution in [3.05, 3.63) is 53.3 Å². The molecule has 1 aromatic carbocycles. The van der Waals surface area contributed by atoms with Crippen LogP contribution in [0.15, 0.2) is 41.7 Å². The Bertz CT molecular complexity index is 795. The Morgan fingerprint density at radius 2 is 2.10 bits per heavy atom. The van der Waals surface area contributed by atoms with E-state index in [9.17, 15) is 0 Å². The molecule has 1 aliphatic rings. The van der Waals surface area contributed by atoms with E-state index in [1.54, 1.807) is 0 Å². The van der Waals surface area contributed by atoms with Crippen molar-refractivity contribution in [2.75, 3.05) is 32.8 Å². The second-order valence-electron chi connectivity index (χ2n) is 7.24. The number of aliphatic imine (C=N–C) groups is 1. The van der Waals surface area contributed by atoms with Crippen LogP contribution in [-0.2, 0) is 29.7 Å². The van der Waals surface area contributed by atoms with Crippen LogP contribution >= 0.6 is 24.0 Å². The van der Waals surface area contributed by atoms with Crippen molar-refractivity contribution < 1.29 is 9.47 Å². The summed E-state index contributed by atoms with van der Waals surface area (Å²) < 4.78 is 13.5. The number of aromatic nitrogens is 2. The molecule has 0 aliphatic carbocycles. The van der Waals surface area contributed by atoms with Crippen LogP contribution in [0, 0.1) is 0 Å². The molecule has 0 bridgehead atoms. The van der Waals surface area contributed by atoms with Gasteiger partial charge in [0.25, 0.3) is 0 Å². The molecule has 1 N–H and O–H groups in total. The van der Waals surface area contributed by atoms with E-state index in [2.05, 4.69) is 53.4 Å². The van der Waals surface area contributed by atoms with Crippen molar-refractivity contribution in [1.29, 1.82) is 0 Å². The third-order valence-electron chi connectivity index (χ3n) is 4.92. The van der Waals surface area contributed by atoms with Crippen LogP contribution in [0.1, 0.15) is 43.1 Å². The minimum absolute atomic E-state index is 0. The van der Waals surface area contributed by atoms with E-state index in [1.807, 2.05) is 24.1 Å². The van der Waals surface area contributed by atoms with Gasteiger partial charge in [0.15, 0.2) is 5.96 Å². The molecule has 8 heteroatoms. The fourth-order valence-electron chi connectivity index (χ4n) is 3.41. The lowest BCUT2D eigenvalue weighted by Crippen LogP contribution is -2.48. The molecule has 30 heavy (non-hydrogen) atoms. The summed E-state index contributed by atoms with van der Waals surface area (Å²) in [6.07, 6.45) is 4.94. The van der Waals surface area contributed by atoms with Gasteiger partial charge < -0.3 is 19.7 Å². The number of aryl methyl sites for hydroxylation is 1. The topological polar surface area (TPSA) is 63.9 Å². The average molecular weight is 527 g/mol. The Balaban J connectivity index is 0.00000320. The fraction of sp³-hybridized carbons (Fsp3) is 0.545. The molecule has 1 aromatic heterocycles. The molecule has 1 saturated heterocycles. The van der Waals surface area contributed by atoms with Crippen molar-refractivity contribution in [2.24, 2.45) is 12.0 Å². The van der Waals surface area contributed by atoms with E-state index >= 15 is 0 Å². The normalized spacial score (nSPS) is 17.0. The number of hydrogen-bond acceptors (Lipinski definition) is 4. The van der Waals surface area contributed by atoms with Gasteiger partial charge in [-0.15, -0.1) is 24.0 Å². The number of benzene rings is 1. The molecule has 3 rings (SSSR count). The first-order valence-corrected chi connectivity index (χ1v) is 10.5. The lowest BCUT2D eigenvalue weighted by Gasteiger charge is -2.34. The Labute approximate surface area is 196 Å². The van der Waals surface area contributed by atoms with Gasteiger partial charge in [-0.3, -0.25) is 4.68 Å². The molecule has 1 fully saturated rings. The maximum Gasteiger partial charge on any atom is 0.194 e. The van der Waals surface area contributed by atoms with E-state index in [-0.39, 0.29) is 30.1 Å². The number of hydrogen-bond donors (Lipinski definition) is 1. The SMILES string of the molecule is CCCOCc1ccccc1CN=C(NCC)N1CCOC(c2cnn(C)c2)C1.I. The number of morpholine rings is 1. The molecule has 0 saturated carbocycles. The van der Waals surface area contributed by atoms with Crippen molar-refractivity contribution in [2.45, 2.75) is 39.5 Å². The first-order chi connectivity index (χ1) is 14.2. The predicted octanol–water partition coefficient (Wildman–Crippen LogP) is 3.50. The van der Waals surface area contributed by atoms with Crippen molar-refractivity contribution in [3.63, 3.8) is 0 Å². The third kappa shape index (κ3) is 6.95. The first kappa shape index (κ1) is 24.6. The highest BCUT2D eigenvalue weighted by Crippen LogP contribution is 2.22. The highest BCUT2D eigenvalue weighted by Gasteiger charge is 2.25. The first-order valence-electron chi connectivity index (χ1n) is 10.5. The van der Waals surface area contributed by atoms with E-state index in [1.165, 1.54) is 11.1 Å². The van der Waals surface area contributed by atoms with Crippen molar-refractivity contribution in [3.8, 4) is 0 Å². The van der Waals surface area contributed by atoms with Gasteiger partial charge in [0.05, 0.1) is 32.5 Å². The molecule has 166 valence electrons. The Morgan fingerprint density at radius 3 is 2.80 bits per heavy atom. The van der Waals surface area contributed by atoms with Gasteiger partial charge in [-0.05, 0) is 24.5 Å². The van der Waals surface area contributed by atoms with Gasteiger partial charge >= 0.3 is 0 Å². The van der Waals surface area contributed by atoms with Crippen molar-refractivity contribution in [1.82, 2.24) is 20.0 Å². The van der Waals surface area contributed by atoms with Crippen LogP contribution < -0.4 is 5.32 Å². The summed E-state index contributed by atoms with van der Waals surface area (Å²) in [5.74, 6) is 0.925. The third-order valence-corrected chi connectivity index (χ3v) is 4.92. The molecular formula is C22H34IN5O2. The zero-order valence-corrected chi connectivity index (χ0v) is 20.5. The van der Waals surface area contributed by atoms with Crippen LogP contribution in [0.3, 0.4) is 0 Å². The zero-order valence-electron chi connectivity index (χ0n) is 18.2. The van der Waals surface area contributed by atoms with E-state index in [4.69, 9.17) is 14.5 Å². The molecule has 2 heterocycles. The molecule has 0 spiro atoms. The highest BCUT2D eigenvalue weighted by atomic mass is 127. The van der Waals surface area contributed by atoms with E-state index in [0.717, 1.165) is 44.2 Å². The zero-order chi connectivity index (χ0) is 20.5. The summed E-state index contributed by atoms with van der Waals surface area (Å²) >= 11 is 0. The molecule has 0 amide bonds. The van der Waals surface area contributed by atoms with Gasteiger partial charge in [0.1, 0.15) is 6.10 Å². The average Bonchev–Trinajstić information content (AvgIpc) is 3.18. The van der Waals surface area contributed by atoms with Gasteiger partial charge in [0, 0.05) is 38.5 Å². The van der Waals surface area contributed by atoms with Crippen molar-refractivity contribution >= 4 is 29.9 Å². The lowest BCUT2D eigenvalue weighted by molar-refractivity contribution is -0.00805. The van der Waals surface area contributed by atoms with Gasteiger partial charge in [0.2, 0.25) is 0 Å². The number of nitrogens with one attached hydrogen (secondary N) is 1. The quantitative estimate of drug-likeness (QED) is 0.247. The Morgan fingerprint density at radius 1 is 1.30 bits per heavy atom. The maximum atomic E-state index is 5.98. The molecule has 1 atom stereocenters. The molecular weight excluding hydrogens is 493 g/mol. The fourth-order valence-corrected chi connectivity index (χ4v) is 3.41. The van der Waals surface area contributed by atoms with Crippen LogP contribution in [0.5, 0.6) is 0 Å². The monoisotopic (exact) mass is 527 g/mol. The van der Waals surface area contributed by atoms with Crippen LogP contribution in [0.25, 0.3) is 0 Å². The van der Waals surface area contributed by atoms with Gasteiger partial charge in [-0.2, -0.15) is 5.10 Å². The second-order valence-corrected chi connectivity index (χ2v) is 7.24. The molecule has 7 nitrogen and oxygen atoms in total. The molecule has 0 radical (unpaired) electrons. The summed E-state index contributed by atoms with van der Waals surface area (Å²) in [6, 6.07) is 8.38. The predicted molar refractivity (Wildman–Crippen MR) is 130 cm³/mol. The molecule has 1 unspecified atom stereocenters. The summed E-state index contributed by atoms with van der Waals surface area (Å²) in [4.78, 5) is 7.21. The van der Waals surface area contributed by atoms with Gasteiger partial charge in [-0.25, -0.2) is 4.99 Å². The van der Waals surface area contributed by atoms with Gasteiger partial charge in [-0.1, -0.05) is 31.2 Å². The molecule has 1 aliphatic heterocycles. The lowest BCUT2D eigenvalue weighted by atomic mass is 10.1. The minimum Gasteiger partial charge on any atom is -0.377 e. The molecule has 2 aromatic rings. The minimum atomic E-state index is 0. The second kappa shape index (κ2) is 12.9. The Hall–Kier alpha value is -1.65. The van der Waals surface area contributed by atoms with E-state index < -0.39 is 0 Å². The maximum absolute atomic E-state index is 5.98. The van der Waals surface area contributed by atoms with Crippen LogP contribution in [0.4, 0.5) is 0 Å². The largest absolute Gasteiger partial charge is 0.377 e. The summed E-state index contributed by atoms with van der Waals surface area (Å²) in [7, 11) is 1.93. The number of rotatable bonds is 8. The highest BCUT2D eigenvalue weighted by molar-refractivity contribution is 14.0. The summed E-state index contributed by atoms with van der Waals surface area (Å²) in [5, 5.41) is 7.71. The number of guanidine groups is 1. The van der Waals surface area contributed by atoms with Crippen LogP contribution in [-0.4, -0.2) is 53.5 Å². The van der Waals surface area contributed by atoms with E-state index in [0.29, 0.717) is 19.8 Å². The number of nitrogens with zero attached hydrogens (tertiary/aromatic N) is 4.